The first-order valence-corrected chi connectivity index (χ1v) is 9.24. The highest BCUT2D eigenvalue weighted by molar-refractivity contribution is 9.10. The third kappa shape index (κ3) is 6.39. The third-order valence-corrected chi connectivity index (χ3v) is 4.58. The number of para-hydroxylation sites is 1. The van der Waals surface area contributed by atoms with Gasteiger partial charge in [0, 0.05) is 18.2 Å². The molecule has 2 rings (SSSR count). The van der Waals surface area contributed by atoms with Gasteiger partial charge >= 0.3 is 0 Å². The predicted octanol–water partition coefficient (Wildman–Crippen LogP) is 5.44. The zero-order valence-corrected chi connectivity index (χ0v) is 14.8. The molecule has 21 heavy (non-hydrogen) atoms. The highest BCUT2D eigenvalue weighted by Crippen LogP contribution is 2.30. The van der Waals surface area contributed by atoms with Crippen molar-refractivity contribution in [3.8, 4) is 5.75 Å². The average molecular weight is 354 g/mol. The summed E-state index contributed by atoms with van der Waals surface area (Å²) in [6, 6.07) is 7.05. The Morgan fingerprint density at radius 1 is 1.14 bits per heavy atom. The Hall–Kier alpha value is -0.540. The minimum Gasteiger partial charge on any atom is -0.492 e. The lowest BCUT2D eigenvalue weighted by Crippen LogP contribution is -2.16. The molecule has 0 radical (unpaired) electrons. The van der Waals surface area contributed by atoms with Gasteiger partial charge in [-0.25, -0.2) is 0 Å². The molecule has 1 saturated carbocycles. The van der Waals surface area contributed by atoms with Gasteiger partial charge in [-0.1, -0.05) is 51.2 Å². The van der Waals surface area contributed by atoms with E-state index in [0.29, 0.717) is 0 Å². The average Bonchev–Trinajstić information content (AvgIpc) is 3.30. The largest absolute Gasteiger partial charge is 0.492 e. The first-order chi connectivity index (χ1) is 10.3. The van der Waals surface area contributed by atoms with E-state index in [1.165, 1.54) is 50.5 Å². The first kappa shape index (κ1) is 16.8. The SMILES string of the molecule is CCCCCCCCOc1c(Br)cccc1CNC1CC1. The van der Waals surface area contributed by atoms with E-state index in [9.17, 15) is 0 Å². The van der Waals surface area contributed by atoms with Crippen molar-refractivity contribution in [1.82, 2.24) is 5.32 Å². The fourth-order valence-corrected chi connectivity index (χ4v) is 2.97. The lowest BCUT2D eigenvalue weighted by Gasteiger charge is -2.14. The van der Waals surface area contributed by atoms with Crippen LogP contribution in [0.5, 0.6) is 5.75 Å². The summed E-state index contributed by atoms with van der Waals surface area (Å²) < 4.78 is 7.11. The molecule has 0 bridgehead atoms. The van der Waals surface area contributed by atoms with Crippen LogP contribution >= 0.6 is 15.9 Å². The van der Waals surface area contributed by atoms with Gasteiger partial charge in [0.1, 0.15) is 5.75 Å². The summed E-state index contributed by atoms with van der Waals surface area (Å²) in [5.41, 5.74) is 1.27. The van der Waals surface area contributed by atoms with Crippen molar-refractivity contribution in [2.75, 3.05) is 6.61 Å². The number of rotatable bonds is 11. The van der Waals surface area contributed by atoms with Crippen LogP contribution in [0.2, 0.25) is 0 Å². The van der Waals surface area contributed by atoms with Crippen LogP contribution in [0.3, 0.4) is 0 Å². The fourth-order valence-electron chi connectivity index (χ4n) is 2.45. The number of nitrogens with one attached hydrogen (secondary N) is 1. The van der Waals surface area contributed by atoms with E-state index in [1.54, 1.807) is 0 Å². The highest BCUT2D eigenvalue weighted by Gasteiger charge is 2.20. The van der Waals surface area contributed by atoms with Gasteiger partial charge in [0.05, 0.1) is 11.1 Å². The fraction of sp³-hybridized carbons (Fsp3) is 0.667. The van der Waals surface area contributed by atoms with E-state index in [2.05, 4.69) is 46.4 Å². The van der Waals surface area contributed by atoms with Crippen LogP contribution in [0.4, 0.5) is 0 Å². The Balaban J connectivity index is 1.72. The normalized spacial score (nSPS) is 14.4. The summed E-state index contributed by atoms with van der Waals surface area (Å²) in [5.74, 6) is 1.03. The maximum atomic E-state index is 6.04. The molecule has 0 spiro atoms. The van der Waals surface area contributed by atoms with Gasteiger partial charge in [-0.15, -0.1) is 0 Å². The van der Waals surface area contributed by atoms with Gasteiger partial charge in [0.2, 0.25) is 0 Å². The van der Waals surface area contributed by atoms with Crippen molar-refractivity contribution >= 4 is 15.9 Å². The zero-order valence-electron chi connectivity index (χ0n) is 13.2. The molecule has 1 aromatic carbocycles. The summed E-state index contributed by atoms with van der Waals surface area (Å²) in [6.45, 7) is 3.99. The zero-order chi connectivity index (χ0) is 14.9. The van der Waals surface area contributed by atoms with E-state index in [0.717, 1.165) is 35.8 Å². The number of hydrogen-bond acceptors (Lipinski definition) is 2. The van der Waals surface area contributed by atoms with Gasteiger partial charge in [-0.2, -0.15) is 0 Å². The molecule has 0 saturated heterocycles. The van der Waals surface area contributed by atoms with Crippen molar-refractivity contribution in [2.24, 2.45) is 0 Å². The van der Waals surface area contributed by atoms with Crippen molar-refractivity contribution in [3.05, 3.63) is 28.2 Å². The second kappa shape index (κ2) is 9.47. The molecule has 0 unspecified atom stereocenters. The Morgan fingerprint density at radius 3 is 2.67 bits per heavy atom. The number of unbranched alkanes of at least 4 members (excludes halogenated alkanes) is 5. The van der Waals surface area contributed by atoms with Crippen LogP contribution in [-0.4, -0.2) is 12.6 Å². The molecule has 1 aliphatic carbocycles. The van der Waals surface area contributed by atoms with E-state index in [1.807, 2.05) is 0 Å². The molecule has 1 aliphatic rings. The molecule has 0 atom stereocenters. The smallest absolute Gasteiger partial charge is 0.137 e. The van der Waals surface area contributed by atoms with Crippen LogP contribution < -0.4 is 10.1 Å². The van der Waals surface area contributed by atoms with Gasteiger partial charge in [0.25, 0.3) is 0 Å². The minimum atomic E-state index is 0.732. The highest BCUT2D eigenvalue weighted by atomic mass is 79.9. The molecule has 0 aliphatic heterocycles. The van der Waals surface area contributed by atoms with Crippen LogP contribution in [-0.2, 0) is 6.54 Å². The van der Waals surface area contributed by atoms with Gasteiger partial charge in [-0.05, 0) is 41.3 Å². The van der Waals surface area contributed by atoms with Crippen LogP contribution in [0.15, 0.2) is 22.7 Å². The molecule has 2 nitrogen and oxygen atoms in total. The summed E-state index contributed by atoms with van der Waals surface area (Å²) in [6.07, 6.45) is 10.4. The first-order valence-electron chi connectivity index (χ1n) is 8.45. The standard InChI is InChI=1S/C18H28BrNO/c1-2-3-4-5-6-7-13-21-18-15(9-8-10-17(18)19)14-20-16-11-12-16/h8-10,16,20H,2-7,11-14H2,1H3. The molecular weight excluding hydrogens is 326 g/mol. The molecular formula is C18H28BrNO. The van der Waals surface area contributed by atoms with E-state index in [4.69, 9.17) is 4.74 Å². The number of halogens is 1. The molecule has 1 fully saturated rings. The molecule has 1 aromatic rings. The lowest BCUT2D eigenvalue weighted by molar-refractivity contribution is 0.299. The molecule has 0 aromatic heterocycles. The number of benzene rings is 1. The van der Waals surface area contributed by atoms with Gasteiger partial charge in [-0.3, -0.25) is 0 Å². The maximum absolute atomic E-state index is 6.04. The second-order valence-electron chi connectivity index (χ2n) is 6.00. The number of hydrogen-bond donors (Lipinski definition) is 1. The minimum absolute atomic E-state index is 0.732. The van der Waals surface area contributed by atoms with Crippen molar-refractivity contribution in [3.63, 3.8) is 0 Å². The van der Waals surface area contributed by atoms with E-state index in [-0.39, 0.29) is 0 Å². The van der Waals surface area contributed by atoms with E-state index < -0.39 is 0 Å². The van der Waals surface area contributed by atoms with Crippen LogP contribution in [0, 0.1) is 0 Å². The summed E-state index contributed by atoms with van der Waals surface area (Å²) >= 11 is 3.62. The Morgan fingerprint density at radius 2 is 1.90 bits per heavy atom. The third-order valence-electron chi connectivity index (χ3n) is 3.95. The Bertz CT molecular complexity index is 418. The van der Waals surface area contributed by atoms with Crippen LogP contribution in [0.1, 0.15) is 63.9 Å². The summed E-state index contributed by atoms with van der Waals surface area (Å²) in [4.78, 5) is 0. The molecule has 1 N–H and O–H groups in total. The molecule has 0 amide bonds. The maximum Gasteiger partial charge on any atom is 0.137 e. The van der Waals surface area contributed by atoms with Gasteiger partial charge in [0.15, 0.2) is 0 Å². The molecule has 118 valence electrons. The molecule has 0 heterocycles. The van der Waals surface area contributed by atoms with Gasteiger partial charge < -0.3 is 10.1 Å². The summed E-state index contributed by atoms with van der Waals surface area (Å²) in [7, 11) is 0. The van der Waals surface area contributed by atoms with Crippen LogP contribution in [0.25, 0.3) is 0 Å². The summed E-state index contributed by atoms with van der Waals surface area (Å²) in [5, 5.41) is 3.56. The van der Waals surface area contributed by atoms with Crippen molar-refractivity contribution in [2.45, 2.75) is 70.9 Å². The Kier molecular flexibility index (Phi) is 7.59. The van der Waals surface area contributed by atoms with Crippen molar-refractivity contribution in [1.29, 1.82) is 0 Å². The molecule has 3 heteroatoms. The topological polar surface area (TPSA) is 21.3 Å². The number of ether oxygens (including phenoxy) is 1. The predicted molar refractivity (Wildman–Crippen MR) is 92.9 cm³/mol. The quantitative estimate of drug-likeness (QED) is 0.534. The van der Waals surface area contributed by atoms with E-state index >= 15 is 0 Å². The Labute approximate surface area is 137 Å². The monoisotopic (exact) mass is 353 g/mol. The lowest BCUT2D eigenvalue weighted by atomic mass is 10.1. The van der Waals surface area contributed by atoms with Crippen molar-refractivity contribution < 1.29 is 4.74 Å². The second-order valence-corrected chi connectivity index (χ2v) is 6.85.